The standard InChI is InChI=1S/C10H19N3O2/c1-8-10(15-7-12-8)3-5-13(6-4-10)9(14)11-2/h8,12H,3-7H2,1-2H3,(H,11,14). The molecule has 2 amide bonds. The largest absolute Gasteiger partial charge is 0.358 e. The molecule has 0 aromatic carbocycles. The summed E-state index contributed by atoms with van der Waals surface area (Å²) in [6, 6.07) is 0.410. The summed E-state index contributed by atoms with van der Waals surface area (Å²) in [5, 5.41) is 5.95. The maximum atomic E-state index is 11.4. The second kappa shape index (κ2) is 3.98. The second-order valence-electron chi connectivity index (χ2n) is 4.32. The number of piperidine rings is 1. The quantitative estimate of drug-likeness (QED) is 0.601. The van der Waals surface area contributed by atoms with Crippen LogP contribution in [0.5, 0.6) is 0 Å². The van der Waals surface area contributed by atoms with E-state index in [2.05, 4.69) is 17.6 Å². The van der Waals surface area contributed by atoms with E-state index in [9.17, 15) is 4.79 Å². The molecule has 5 nitrogen and oxygen atoms in total. The monoisotopic (exact) mass is 213 g/mol. The van der Waals surface area contributed by atoms with E-state index in [1.807, 2.05) is 4.90 Å². The molecule has 5 heteroatoms. The molecule has 2 aliphatic heterocycles. The fourth-order valence-corrected chi connectivity index (χ4v) is 2.45. The Bertz CT molecular complexity index is 249. The number of urea groups is 1. The highest BCUT2D eigenvalue weighted by atomic mass is 16.5. The van der Waals surface area contributed by atoms with E-state index < -0.39 is 0 Å². The van der Waals surface area contributed by atoms with Crippen molar-refractivity contribution in [3.63, 3.8) is 0 Å². The van der Waals surface area contributed by atoms with Crippen LogP contribution in [0.4, 0.5) is 4.79 Å². The molecule has 15 heavy (non-hydrogen) atoms. The van der Waals surface area contributed by atoms with E-state index in [1.165, 1.54) is 0 Å². The lowest BCUT2D eigenvalue weighted by atomic mass is 9.86. The Hall–Kier alpha value is -0.810. The number of carbonyl (C=O) groups excluding carboxylic acids is 1. The van der Waals surface area contributed by atoms with Crippen LogP contribution in [0.25, 0.3) is 0 Å². The number of rotatable bonds is 0. The molecule has 0 aliphatic carbocycles. The molecule has 2 saturated heterocycles. The van der Waals surface area contributed by atoms with Crippen molar-refractivity contribution >= 4 is 6.03 Å². The minimum atomic E-state index is -0.0372. The molecule has 0 aromatic rings. The zero-order valence-corrected chi connectivity index (χ0v) is 9.38. The van der Waals surface area contributed by atoms with Crippen LogP contribution in [0.2, 0.25) is 0 Å². The summed E-state index contributed by atoms with van der Waals surface area (Å²) in [4.78, 5) is 13.3. The molecule has 1 atom stereocenters. The molecular weight excluding hydrogens is 194 g/mol. The average Bonchev–Trinajstić information content (AvgIpc) is 2.61. The molecular formula is C10H19N3O2. The molecule has 0 aromatic heterocycles. The van der Waals surface area contributed by atoms with Crippen molar-refractivity contribution in [3.05, 3.63) is 0 Å². The van der Waals surface area contributed by atoms with Gasteiger partial charge in [0.05, 0.1) is 12.3 Å². The maximum absolute atomic E-state index is 11.4. The fourth-order valence-electron chi connectivity index (χ4n) is 2.45. The fraction of sp³-hybridized carbons (Fsp3) is 0.900. The van der Waals surface area contributed by atoms with Crippen molar-refractivity contribution in [2.24, 2.45) is 0 Å². The third-order valence-electron chi connectivity index (χ3n) is 3.65. The second-order valence-corrected chi connectivity index (χ2v) is 4.32. The predicted octanol–water partition coefficient (Wildman–Crippen LogP) is 0.126. The summed E-state index contributed by atoms with van der Waals surface area (Å²) in [6.45, 7) is 4.36. The van der Waals surface area contributed by atoms with Crippen LogP contribution in [-0.2, 0) is 4.74 Å². The molecule has 2 heterocycles. The highest BCUT2D eigenvalue weighted by molar-refractivity contribution is 5.73. The Morgan fingerprint density at radius 3 is 2.67 bits per heavy atom. The number of nitrogens with one attached hydrogen (secondary N) is 2. The third kappa shape index (κ3) is 1.81. The molecule has 1 unspecified atom stereocenters. The number of likely N-dealkylation sites (tertiary alicyclic amines) is 1. The Kier molecular flexibility index (Phi) is 2.84. The first kappa shape index (κ1) is 10.7. The Morgan fingerprint density at radius 2 is 2.20 bits per heavy atom. The van der Waals surface area contributed by atoms with Crippen molar-refractivity contribution in [1.82, 2.24) is 15.5 Å². The summed E-state index contributed by atoms with van der Waals surface area (Å²) in [5.41, 5.74) is -0.0372. The van der Waals surface area contributed by atoms with Crippen molar-refractivity contribution in [1.29, 1.82) is 0 Å². The summed E-state index contributed by atoms with van der Waals surface area (Å²) >= 11 is 0. The lowest BCUT2D eigenvalue weighted by Gasteiger charge is -2.40. The molecule has 2 aliphatic rings. The summed E-state index contributed by atoms with van der Waals surface area (Å²) in [7, 11) is 1.67. The van der Waals surface area contributed by atoms with Gasteiger partial charge >= 0.3 is 6.03 Å². The van der Waals surface area contributed by atoms with Gasteiger partial charge < -0.3 is 15.0 Å². The predicted molar refractivity (Wildman–Crippen MR) is 56.5 cm³/mol. The van der Waals surface area contributed by atoms with E-state index in [0.717, 1.165) is 25.9 Å². The lowest BCUT2D eigenvalue weighted by molar-refractivity contribution is -0.0421. The van der Waals surface area contributed by atoms with Gasteiger partial charge in [0.15, 0.2) is 0 Å². The van der Waals surface area contributed by atoms with Crippen molar-refractivity contribution < 1.29 is 9.53 Å². The number of amides is 2. The zero-order chi connectivity index (χ0) is 10.9. The number of carbonyl (C=O) groups is 1. The van der Waals surface area contributed by atoms with Gasteiger partial charge in [-0.2, -0.15) is 0 Å². The van der Waals surface area contributed by atoms with Crippen LogP contribution in [0.15, 0.2) is 0 Å². The topological polar surface area (TPSA) is 53.6 Å². The molecule has 2 N–H and O–H groups in total. The first-order chi connectivity index (χ1) is 7.18. The summed E-state index contributed by atoms with van der Waals surface area (Å²) in [6.07, 6.45) is 1.85. The molecule has 1 spiro atoms. The van der Waals surface area contributed by atoms with Gasteiger partial charge in [-0.05, 0) is 19.8 Å². The average molecular weight is 213 g/mol. The van der Waals surface area contributed by atoms with E-state index in [4.69, 9.17) is 4.74 Å². The van der Waals surface area contributed by atoms with Gasteiger partial charge in [0, 0.05) is 26.2 Å². The summed E-state index contributed by atoms with van der Waals surface area (Å²) in [5.74, 6) is 0. The zero-order valence-electron chi connectivity index (χ0n) is 9.38. The Morgan fingerprint density at radius 1 is 1.53 bits per heavy atom. The van der Waals surface area contributed by atoms with E-state index in [0.29, 0.717) is 12.8 Å². The first-order valence-corrected chi connectivity index (χ1v) is 5.52. The van der Waals surface area contributed by atoms with Gasteiger partial charge in [-0.3, -0.25) is 5.32 Å². The number of ether oxygens (including phenoxy) is 1. The van der Waals surface area contributed by atoms with Crippen LogP contribution >= 0.6 is 0 Å². The van der Waals surface area contributed by atoms with Crippen LogP contribution in [0, 0.1) is 0 Å². The van der Waals surface area contributed by atoms with Crippen molar-refractivity contribution in [2.75, 3.05) is 26.9 Å². The minimum Gasteiger partial charge on any atom is -0.358 e. The lowest BCUT2D eigenvalue weighted by Crippen LogP contribution is -2.53. The Labute approximate surface area is 90.1 Å². The number of hydrogen-bond donors (Lipinski definition) is 2. The first-order valence-electron chi connectivity index (χ1n) is 5.52. The van der Waals surface area contributed by atoms with Gasteiger partial charge in [-0.15, -0.1) is 0 Å². The van der Waals surface area contributed by atoms with Gasteiger partial charge in [-0.25, -0.2) is 4.79 Å². The van der Waals surface area contributed by atoms with E-state index in [-0.39, 0.29) is 11.6 Å². The third-order valence-corrected chi connectivity index (χ3v) is 3.65. The van der Waals surface area contributed by atoms with E-state index in [1.54, 1.807) is 7.05 Å². The van der Waals surface area contributed by atoms with Crippen LogP contribution in [0.3, 0.4) is 0 Å². The molecule has 0 radical (unpaired) electrons. The number of nitrogens with zero attached hydrogens (tertiary/aromatic N) is 1. The van der Waals surface area contributed by atoms with E-state index >= 15 is 0 Å². The van der Waals surface area contributed by atoms with Gasteiger partial charge in [0.1, 0.15) is 0 Å². The van der Waals surface area contributed by atoms with Gasteiger partial charge in [-0.1, -0.05) is 0 Å². The van der Waals surface area contributed by atoms with Gasteiger partial charge in [0.25, 0.3) is 0 Å². The van der Waals surface area contributed by atoms with Crippen LogP contribution in [-0.4, -0.2) is 49.4 Å². The minimum absolute atomic E-state index is 0.0171. The Balaban J connectivity index is 1.94. The van der Waals surface area contributed by atoms with Crippen molar-refractivity contribution in [3.8, 4) is 0 Å². The smallest absolute Gasteiger partial charge is 0.317 e. The van der Waals surface area contributed by atoms with Crippen LogP contribution < -0.4 is 10.6 Å². The molecule has 2 rings (SSSR count). The van der Waals surface area contributed by atoms with Crippen molar-refractivity contribution in [2.45, 2.75) is 31.4 Å². The maximum Gasteiger partial charge on any atom is 0.317 e. The highest BCUT2D eigenvalue weighted by Crippen LogP contribution is 2.32. The molecule has 0 saturated carbocycles. The van der Waals surface area contributed by atoms with Gasteiger partial charge in [0.2, 0.25) is 0 Å². The normalized spacial score (nSPS) is 29.5. The molecule has 86 valence electrons. The highest BCUT2D eigenvalue weighted by Gasteiger charge is 2.44. The number of hydrogen-bond acceptors (Lipinski definition) is 3. The van der Waals surface area contributed by atoms with Crippen LogP contribution in [0.1, 0.15) is 19.8 Å². The molecule has 2 fully saturated rings. The summed E-state index contributed by atoms with van der Waals surface area (Å²) < 4.78 is 5.79. The SMILES string of the molecule is CNC(=O)N1CCC2(CC1)OCNC2C. The molecule has 0 bridgehead atoms.